The molecule has 124 valence electrons. The zero-order valence-electron chi connectivity index (χ0n) is 12.9. The first-order valence-corrected chi connectivity index (χ1v) is 9.80. The van der Waals surface area contributed by atoms with E-state index in [4.69, 9.17) is 23.2 Å². The van der Waals surface area contributed by atoms with Crippen LogP contribution in [0.1, 0.15) is 30.5 Å². The summed E-state index contributed by atoms with van der Waals surface area (Å²) in [5.41, 5.74) is -0.135. The maximum absolute atomic E-state index is 12.5. The molecule has 0 N–H and O–H groups in total. The summed E-state index contributed by atoms with van der Waals surface area (Å²) in [5, 5.41) is 6.43. The van der Waals surface area contributed by atoms with E-state index in [1.165, 1.54) is 15.9 Å². The van der Waals surface area contributed by atoms with Crippen LogP contribution in [0.15, 0.2) is 32.9 Å². The first kappa shape index (κ1) is 16.3. The lowest BCUT2D eigenvalue weighted by atomic mass is 10.1. The van der Waals surface area contributed by atoms with Crippen LogP contribution in [0.2, 0.25) is 0 Å². The quantitative estimate of drug-likeness (QED) is 0.674. The Kier molecular flexibility index (Phi) is 3.84. The molecule has 24 heavy (non-hydrogen) atoms. The Bertz CT molecular complexity index is 1050. The summed E-state index contributed by atoms with van der Waals surface area (Å²) >= 11 is 14.5. The Morgan fingerprint density at radius 3 is 2.83 bits per heavy atom. The van der Waals surface area contributed by atoms with Gasteiger partial charge in [-0.1, -0.05) is 54.5 Å². The van der Waals surface area contributed by atoms with Crippen LogP contribution in [0.25, 0.3) is 11.0 Å². The number of nitrogens with zero attached hydrogens (tertiary/aromatic N) is 3. The van der Waals surface area contributed by atoms with Gasteiger partial charge in [-0.3, -0.25) is 4.79 Å². The Morgan fingerprint density at radius 1 is 1.42 bits per heavy atom. The number of thiazole rings is 1. The van der Waals surface area contributed by atoms with Gasteiger partial charge in [-0.25, -0.2) is 4.98 Å². The highest BCUT2D eigenvalue weighted by Crippen LogP contribution is 2.64. The van der Waals surface area contributed by atoms with Gasteiger partial charge >= 0.3 is 0 Å². The van der Waals surface area contributed by atoms with Gasteiger partial charge in [0.1, 0.15) is 4.49 Å². The molecule has 8 heteroatoms. The molecule has 0 bridgehead atoms. The fourth-order valence-electron chi connectivity index (χ4n) is 3.10. The SMILES string of the molecule is CC1(C)[C@H](C=C(Cl)Cl)[C@H]1c1nc2s/c(=C/c3cccs3)c(=O)n2n1. The molecule has 1 aliphatic rings. The van der Waals surface area contributed by atoms with Gasteiger partial charge in [0.05, 0.1) is 4.53 Å². The van der Waals surface area contributed by atoms with Crippen molar-refractivity contribution in [1.82, 2.24) is 14.6 Å². The van der Waals surface area contributed by atoms with Crippen molar-refractivity contribution in [2.75, 3.05) is 0 Å². The van der Waals surface area contributed by atoms with Gasteiger partial charge < -0.3 is 0 Å². The topological polar surface area (TPSA) is 47.3 Å². The summed E-state index contributed by atoms with van der Waals surface area (Å²) < 4.78 is 2.31. The highest BCUT2D eigenvalue weighted by molar-refractivity contribution is 7.15. The Hall–Kier alpha value is -1.21. The van der Waals surface area contributed by atoms with Crippen LogP contribution in [0, 0.1) is 11.3 Å². The number of fused-ring (bicyclic) bond motifs is 1. The van der Waals surface area contributed by atoms with E-state index in [0.29, 0.717) is 15.3 Å². The third-order valence-electron chi connectivity index (χ3n) is 4.51. The fraction of sp³-hybridized carbons (Fsp3) is 0.312. The number of hydrogen-bond donors (Lipinski definition) is 0. The van der Waals surface area contributed by atoms with Gasteiger partial charge in [0.25, 0.3) is 5.56 Å². The van der Waals surface area contributed by atoms with Crippen LogP contribution in [0.5, 0.6) is 0 Å². The lowest BCUT2D eigenvalue weighted by Crippen LogP contribution is -2.23. The summed E-state index contributed by atoms with van der Waals surface area (Å²) in [5.74, 6) is 0.995. The molecule has 0 saturated heterocycles. The third-order valence-corrected chi connectivity index (χ3v) is 6.54. The molecule has 0 amide bonds. The molecule has 0 aliphatic heterocycles. The van der Waals surface area contributed by atoms with Crippen molar-refractivity contribution in [2.45, 2.75) is 19.8 Å². The number of thiophene rings is 1. The van der Waals surface area contributed by atoms with E-state index in [2.05, 4.69) is 23.9 Å². The normalized spacial score (nSPS) is 22.9. The van der Waals surface area contributed by atoms with Crippen LogP contribution in [0.4, 0.5) is 0 Å². The molecule has 1 saturated carbocycles. The monoisotopic (exact) mass is 397 g/mol. The average molecular weight is 398 g/mol. The van der Waals surface area contributed by atoms with Crippen molar-refractivity contribution in [2.24, 2.45) is 11.3 Å². The standard InChI is InChI=1S/C16H13Cl2N3OS2/c1-16(2)9(7-11(17)18)12(16)13-19-15-21(20-13)14(22)10(24-15)6-8-4-3-5-23-8/h3-7,9,12H,1-2H3/b10-6+/t9-,12+/m1/s1. The molecule has 3 aromatic heterocycles. The molecule has 0 radical (unpaired) electrons. The second kappa shape index (κ2) is 5.66. The van der Waals surface area contributed by atoms with Gasteiger partial charge in [0.15, 0.2) is 5.82 Å². The molecule has 0 spiro atoms. The zero-order valence-corrected chi connectivity index (χ0v) is 16.0. The van der Waals surface area contributed by atoms with E-state index in [-0.39, 0.29) is 27.3 Å². The molecule has 3 aromatic rings. The molecular formula is C16H13Cl2N3OS2. The summed E-state index contributed by atoms with van der Waals surface area (Å²) in [7, 11) is 0. The predicted molar refractivity (Wildman–Crippen MR) is 100 cm³/mol. The highest BCUT2D eigenvalue weighted by Gasteiger charge is 2.59. The number of hydrogen-bond acceptors (Lipinski definition) is 5. The van der Waals surface area contributed by atoms with Crippen molar-refractivity contribution < 1.29 is 0 Å². The molecule has 3 heterocycles. The van der Waals surface area contributed by atoms with Crippen LogP contribution in [-0.2, 0) is 0 Å². The summed E-state index contributed by atoms with van der Waals surface area (Å²) in [6.07, 6.45) is 3.71. The minimum absolute atomic E-state index is 0.0129. The van der Waals surface area contributed by atoms with E-state index >= 15 is 0 Å². The van der Waals surface area contributed by atoms with Gasteiger partial charge in [-0.2, -0.15) is 4.52 Å². The van der Waals surface area contributed by atoms with E-state index in [1.807, 2.05) is 29.7 Å². The second-order valence-electron chi connectivity index (χ2n) is 6.38. The second-order valence-corrected chi connectivity index (χ2v) is 9.37. The number of aromatic nitrogens is 3. The minimum Gasteiger partial charge on any atom is -0.266 e. The lowest BCUT2D eigenvalue weighted by molar-refractivity contribution is 0.585. The van der Waals surface area contributed by atoms with Gasteiger partial charge in [0, 0.05) is 10.8 Å². The molecule has 0 aromatic carbocycles. The van der Waals surface area contributed by atoms with Crippen molar-refractivity contribution in [3.05, 3.63) is 53.7 Å². The molecule has 2 atom stereocenters. The van der Waals surface area contributed by atoms with E-state index < -0.39 is 0 Å². The fourth-order valence-corrected chi connectivity index (χ4v) is 5.01. The Labute approximate surface area is 156 Å². The molecule has 4 rings (SSSR count). The molecule has 4 nitrogen and oxygen atoms in total. The van der Waals surface area contributed by atoms with Gasteiger partial charge in [-0.05, 0) is 34.9 Å². The predicted octanol–water partition coefficient (Wildman–Crippen LogP) is 3.82. The molecule has 1 aliphatic carbocycles. The number of halogens is 2. The number of rotatable bonds is 3. The van der Waals surface area contributed by atoms with Crippen LogP contribution < -0.4 is 10.1 Å². The molecular weight excluding hydrogens is 385 g/mol. The van der Waals surface area contributed by atoms with Crippen molar-refractivity contribution in [3.8, 4) is 0 Å². The smallest absolute Gasteiger partial charge is 0.266 e. The number of allylic oxidation sites excluding steroid dienone is 1. The van der Waals surface area contributed by atoms with Crippen LogP contribution in [0.3, 0.4) is 0 Å². The first-order valence-electron chi connectivity index (χ1n) is 7.35. The summed E-state index contributed by atoms with van der Waals surface area (Å²) in [6.45, 7) is 4.25. The van der Waals surface area contributed by atoms with Gasteiger partial charge in [-0.15, -0.1) is 16.4 Å². The summed E-state index contributed by atoms with van der Waals surface area (Å²) in [4.78, 5) is 18.8. The van der Waals surface area contributed by atoms with E-state index in [9.17, 15) is 4.79 Å². The van der Waals surface area contributed by atoms with Crippen molar-refractivity contribution >= 4 is 56.9 Å². The molecule has 1 fully saturated rings. The minimum atomic E-state index is -0.122. The van der Waals surface area contributed by atoms with Crippen molar-refractivity contribution in [1.29, 1.82) is 0 Å². The first-order chi connectivity index (χ1) is 11.4. The van der Waals surface area contributed by atoms with Crippen LogP contribution >= 0.6 is 45.9 Å². The summed E-state index contributed by atoms with van der Waals surface area (Å²) in [6, 6.07) is 3.94. The molecule has 0 unspecified atom stereocenters. The van der Waals surface area contributed by atoms with Gasteiger partial charge in [0.2, 0.25) is 4.96 Å². The van der Waals surface area contributed by atoms with E-state index in [0.717, 1.165) is 4.88 Å². The maximum atomic E-state index is 12.5. The average Bonchev–Trinajstić information content (AvgIpc) is 2.99. The Balaban J connectivity index is 1.74. The maximum Gasteiger partial charge on any atom is 0.291 e. The van der Waals surface area contributed by atoms with Crippen molar-refractivity contribution in [3.63, 3.8) is 0 Å². The van der Waals surface area contributed by atoms with Crippen LogP contribution in [-0.4, -0.2) is 14.6 Å². The Morgan fingerprint density at radius 2 is 2.21 bits per heavy atom. The lowest BCUT2D eigenvalue weighted by Gasteiger charge is -1.97. The highest BCUT2D eigenvalue weighted by atomic mass is 35.5. The van der Waals surface area contributed by atoms with E-state index in [1.54, 1.807) is 11.3 Å². The largest absolute Gasteiger partial charge is 0.291 e. The zero-order chi connectivity index (χ0) is 17.1. The third kappa shape index (κ3) is 2.62.